The molecule has 0 saturated carbocycles. The van der Waals surface area contributed by atoms with Gasteiger partial charge in [-0.25, -0.2) is 4.98 Å². The second-order valence-electron chi connectivity index (χ2n) is 4.94. The topological polar surface area (TPSA) is 54.2 Å². The lowest BCUT2D eigenvalue weighted by Crippen LogP contribution is -2.40. The van der Waals surface area contributed by atoms with Crippen LogP contribution in [-0.4, -0.2) is 35.1 Å². The number of hydrogen-bond donors (Lipinski definition) is 2. The molecule has 0 aliphatic heterocycles. The van der Waals surface area contributed by atoms with Crippen LogP contribution < -0.4 is 11.1 Å². The van der Waals surface area contributed by atoms with Crippen molar-refractivity contribution in [3.63, 3.8) is 0 Å². The van der Waals surface area contributed by atoms with E-state index in [1.807, 2.05) is 0 Å². The number of aromatic nitrogens is 1. The maximum Gasteiger partial charge on any atom is 0.149 e. The van der Waals surface area contributed by atoms with Gasteiger partial charge in [0.2, 0.25) is 0 Å². The van der Waals surface area contributed by atoms with Crippen LogP contribution in [0, 0.1) is 0 Å². The highest BCUT2D eigenvalue weighted by Crippen LogP contribution is 2.19. The normalized spacial score (nSPS) is 11.6. The summed E-state index contributed by atoms with van der Waals surface area (Å²) in [7, 11) is 0. The lowest BCUT2D eigenvalue weighted by atomic mass is 10.2. The summed E-state index contributed by atoms with van der Waals surface area (Å²) in [6, 6.07) is 2.77. The first-order chi connectivity index (χ1) is 8.41. The third-order valence-electron chi connectivity index (χ3n) is 2.87. The van der Waals surface area contributed by atoms with Crippen LogP contribution in [0.15, 0.2) is 12.3 Å². The summed E-state index contributed by atoms with van der Waals surface area (Å²) < 4.78 is 0. The molecule has 0 amide bonds. The van der Waals surface area contributed by atoms with E-state index >= 15 is 0 Å². The molecule has 0 saturated heterocycles. The Balaban J connectivity index is 2.50. The quantitative estimate of drug-likeness (QED) is 0.835. The highest BCUT2D eigenvalue weighted by atomic mass is 35.5. The molecule has 1 aromatic heterocycles. The zero-order valence-corrected chi connectivity index (χ0v) is 12.3. The monoisotopic (exact) mass is 270 g/mol. The molecule has 18 heavy (non-hydrogen) atoms. The molecular formula is C13H23ClN4. The first-order valence-corrected chi connectivity index (χ1v) is 6.70. The van der Waals surface area contributed by atoms with Gasteiger partial charge in [-0.15, -0.1) is 0 Å². The molecule has 1 rings (SSSR count). The lowest BCUT2D eigenvalue weighted by molar-refractivity contribution is 0.182. The van der Waals surface area contributed by atoms with Gasteiger partial charge in [0, 0.05) is 31.4 Å². The summed E-state index contributed by atoms with van der Waals surface area (Å²) in [5.41, 5.74) is 6.42. The lowest BCUT2D eigenvalue weighted by Gasteiger charge is -2.30. The van der Waals surface area contributed by atoms with Crippen molar-refractivity contribution >= 4 is 23.1 Å². The van der Waals surface area contributed by atoms with E-state index in [1.54, 1.807) is 12.3 Å². The van der Waals surface area contributed by atoms with Gasteiger partial charge in [-0.3, -0.25) is 4.90 Å². The Bertz CT molecular complexity index is 371. The number of anilines is 2. The Hall–Kier alpha value is -1.00. The van der Waals surface area contributed by atoms with Crippen molar-refractivity contribution in [3.05, 3.63) is 17.3 Å². The smallest absolute Gasteiger partial charge is 0.149 e. The van der Waals surface area contributed by atoms with E-state index in [1.165, 1.54) is 0 Å². The molecule has 0 radical (unpaired) electrons. The number of halogens is 1. The van der Waals surface area contributed by atoms with E-state index in [0.29, 0.717) is 28.6 Å². The van der Waals surface area contributed by atoms with Crippen molar-refractivity contribution in [1.29, 1.82) is 0 Å². The summed E-state index contributed by atoms with van der Waals surface area (Å²) in [4.78, 5) is 6.59. The Morgan fingerprint density at radius 1 is 1.33 bits per heavy atom. The highest BCUT2D eigenvalue weighted by Gasteiger charge is 2.12. The Labute approximate surface area is 115 Å². The molecule has 102 valence electrons. The minimum Gasteiger partial charge on any atom is -0.396 e. The van der Waals surface area contributed by atoms with Gasteiger partial charge in [-0.1, -0.05) is 11.6 Å². The minimum absolute atomic E-state index is 0.530. The number of rotatable bonds is 6. The molecule has 0 aromatic carbocycles. The zero-order chi connectivity index (χ0) is 13.7. The zero-order valence-electron chi connectivity index (χ0n) is 11.6. The van der Waals surface area contributed by atoms with Crippen LogP contribution >= 0.6 is 11.6 Å². The van der Waals surface area contributed by atoms with Crippen molar-refractivity contribution in [3.8, 4) is 0 Å². The number of nitrogen functional groups attached to an aromatic ring is 1. The summed E-state index contributed by atoms with van der Waals surface area (Å²) in [5, 5.41) is 3.80. The van der Waals surface area contributed by atoms with Crippen LogP contribution in [0.4, 0.5) is 11.5 Å². The van der Waals surface area contributed by atoms with Crippen molar-refractivity contribution in [1.82, 2.24) is 9.88 Å². The predicted molar refractivity (Wildman–Crippen MR) is 79.1 cm³/mol. The first kappa shape index (κ1) is 15.1. The highest BCUT2D eigenvalue weighted by molar-refractivity contribution is 6.30. The van der Waals surface area contributed by atoms with Gasteiger partial charge >= 0.3 is 0 Å². The van der Waals surface area contributed by atoms with Crippen molar-refractivity contribution in [2.24, 2.45) is 0 Å². The van der Waals surface area contributed by atoms with Crippen molar-refractivity contribution < 1.29 is 0 Å². The van der Waals surface area contributed by atoms with E-state index in [0.717, 1.165) is 13.1 Å². The van der Waals surface area contributed by atoms with E-state index in [4.69, 9.17) is 17.3 Å². The fraction of sp³-hybridized carbons (Fsp3) is 0.615. The number of nitrogens with zero attached hydrogens (tertiary/aromatic N) is 2. The van der Waals surface area contributed by atoms with Crippen LogP contribution in [0.1, 0.15) is 27.7 Å². The summed E-state index contributed by atoms with van der Waals surface area (Å²) in [6.07, 6.45) is 1.60. The minimum atomic E-state index is 0.530. The average molecular weight is 271 g/mol. The van der Waals surface area contributed by atoms with Gasteiger partial charge in [0.05, 0.1) is 10.7 Å². The molecular weight excluding hydrogens is 248 g/mol. The molecule has 0 aliphatic rings. The van der Waals surface area contributed by atoms with Gasteiger partial charge < -0.3 is 11.1 Å². The standard InChI is InChI=1S/C13H23ClN4/c1-9(2)18(10(3)4)6-5-16-13-12(15)7-11(14)8-17-13/h7-10H,5-6,15H2,1-4H3,(H,16,17). The third kappa shape index (κ3) is 4.35. The maximum absolute atomic E-state index is 5.83. The fourth-order valence-corrected chi connectivity index (χ4v) is 2.19. The second-order valence-corrected chi connectivity index (χ2v) is 5.38. The third-order valence-corrected chi connectivity index (χ3v) is 3.08. The van der Waals surface area contributed by atoms with E-state index in [9.17, 15) is 0 Å². The molecule has 1 aromatic rings. The van der Waals surface area contributed by atoms with E-state index < -0.39 is 0 Å². The van der Waals surface area contributed by atoms with Crippen LogP contribution in [0.3, 0.4) is 0 Å². The first-order valence-electron chi connectivity index (χ1n) is 6.32. The molecule has 0 bridgehead atoms. The van der Waals surface area contributed by atoms with Crippen LogP contribution in [0.2, 0.25) is 5.02 Å². The van der Waals surface area contributed by atoms with E-state index in [2.05, 4.69) is 42.9 Å². The Kier molecular flexibility index (Phi) is 5.69. The summed E-state index contributed by atoms with van der Waals surface area (Å²) in [5.74, 6) is 0.701. The van der Waals surface area contributed by atoms with Crippen LogP contribution in [0.5, 0.6) is 0 Å². The predicted octanol–water partition coefficient (Wildman–Crippen LogP) is 2.85. The van der Waals surface area contributed by atoms with Gasteiger partial charge in [0.1, 0.15) is 5.82 Å². The molecule has 4 nitrogen and oxygen atoms in total. The molecule has 0 atom stereocenters. The van der Waals surface area contributed by atoms with Gasteiger partial charge in [-0.05, 0) is 33.8 Å². The maximum atomic E-state index is 5.83. The van der Waals surface area contributed by atoms with E-state index in [-0.39, 0.29) is 0 Å². The van der Waals surface area contributed by atoms with Crippen LogP contribution in [-0.2, 0) is 0 Å². The summed E-state index contributed by atoms with van der Waals surface area (Å²) in [6.45, 7) is 10.6. The number of nitrogens with one attached hydrogen (secondary N) is 1. The number of nitrogens with two attached hydrogens (primary N) is 1. The number of hydrogen-bond acceptors (Lipinski definition) is 4. The van der Waals surface area contributed by atoms with Crippen molar-refractivity contribution in [2.45, 2.75) is 39.8 Å². The van der Waals surface area contributed by atoms with Crippen molar-refractivity contribution in [2.75, 3.05) is 24.1 Å². The summed E-state index contributed by atoms with van der Waals surface area (Å²) >= 11 is 5.81. The largest absolute Gasteiger partial charge is 0.396 e. The molecule has 0 aliphatic carbocycles. The fourth-order valence-electron chi connectivity index (χ4n) is 2.02. The Morgan fingerprint density at radius 3 is 2.44 bits per heavy atom. The van der Waals surface area contributed by atoms with Gasteiger partial charge in [-0.2, -0.15) is 0 Å². The second kappa shape index (κ2) is 6.81. The molecule has 0 spiro atoms. The molecule has 1 heterocycles. The SMILES string of the molecule is CC(C)N(CCNc1ncc(Cl)cc1N)C(C)C. The van der Waals surface area contributed by atoms with Gasteiger partial charge in [0.15, 0.2) is 0 Å². The molecule has 5 heteroatoms. The Morgan fingerprint density at radius 2 is 1.94 bits per heavy atom. The molecule has 0 fully saturated rings. The average Bonchev–Trinajstić information content (AvgIpc) is 2.25. The van der Waals surface area contributed by atoms with Crippen LogP contribution in [0.25, 0.3) is 0 Å². The molecule has 0 unspecified atom stereocenters. The number of pyridine rings is 1. The molecule has 3 N–H and O–H groups in total. The van der Waals surface area contributed by atoms with Gasteiger partial charge in [0.25, 0.3) is 0 Å².